The lowest BCUT2D eigenvalue weighted by atomic mass is 9.99. The van der Waals surface area contributed by atoms with Gasteiger partial charge in [0.15, 0.2) is 5.75 Å². The first-order chi connectivity index (χ1) is 14.3. The minimum Gasteiger partial charge on any atom is -0.496 e. The lowest BCUT2D eigenvalue weighted by molar-refractivity contribution is -0.386. The van der Waals surface area contributed by atoms with Crippen molar-refractivity contribution in [3.8, 4) is 28.7 Å². The average Bonchev–Trinajstić information content (AvgIpc) is 2.72. The van der Waals surface area contributed by atoms with Gasteiger partial charge in [0.05, 0.1) is 12.0 Å². The van der Waals surface area contributed by atoms with Gasteiger partial charge in [-0.3, -0.25) is 14.9 Å². The van der Waals surface area contributed by atoms with E-state index in [2.05, 4.69) is 4.98 Å². The Labute approximate surface area is 172 Å². The van der Waals surface area contributed by atoms with Crippen molar-refractivity contribution in [3.05, 3.63) is 85.3 Å². The van der Waals surface area contributed by atoms with Crippen LogP contribution >= 0.6 is 0 Å². The summed E-state index contributed by atoms with van der Waals surface area (Å²) < 4.78 is 11.1. The van der Waals surface area contributed by atoms with Crippen LogP contribution in [0.4, 0.5) is 5.69 Å². The third-order valence-corrected chi connectivity index (χ3v) is 4.57. The zero-order valence-electron chi connectivity index (χ0n) is 16.7. The van der Waals surface area contributed by atoms with E-state index >= 15 is 0 Å². The summed E-state index contributed by atoms with van der Waals surface area (Å²) in [5, 5.41) is 20.7. The van der Waals surface area contributed by atoms with Crippen LogP contribution in [0.1, 0.15) is 22.4 Å². The highest BCUT2D eigenvalue weighted by molar-refractivity contribution is 5.71. The van der Waals surface area contributed by atoms with E-state index in [0.29, 0.717) is 28.1 Å². The molecule has 0 saturated carbocycles. The maximum absolute atomic E-state index is 12.1. The number of H-pyrrole nitrogens is 1. The van der Waals surface area contributed by atoms with Crippen LogP contribution in [0.2, 0.25) is 0 Å². The monoisotopic (exact) mass is 405 g/mol. The maximum atomic E-state index is 12.1. The zero-order chi connectivity index (χ0) is 21.8. The Kier molecular flexibility index (Phi) is 5.83. The Bertz CT molecular complexity index is 1220. The molecule has 8 nitrogen and oxygen atoms in total. The summed E-state index contributed by atoms with van der Waals surface area (Å²) in [5.74, 6) is 0.663. The summed E-state index contributed by atoms with van der Waals surface area (Å²) in [7, 11) is 1.50. The summed E-state index contributed by atoms with van der Waals surface area (Å²) in [6, 6.07) is 13.6. The number of hydrogen-bond donors (Lipinski definition) is 1. The molecular weight excluding hydrogens is 386 g/mol. The van der Waals surface area contributed by atoms with Crippen molar-refractivity contribution in [2.45, 2.75) is 20.5 Å². The second-order valence-electron chi connectivity index (χ2n) is 6.73. The fraction of sp³-hybridized carbons (Fsp3) is 0.182. The number of methoxy groups -OCH3 is 1. The lowest BCUT2D eigenvalue weighted by Gasteiger charge is -2.13. The van der Waals surface area contributed by atoms with Crippen molar-refractivity contribution >= 4 is 5.69 Å². The number of ether oxygens (including phenoxy) is 2. The number of nitrogens with one attached hydrogen (secondary N) is 1. The molecule has 1 N–H and O–H groups in total. The molecule has 3 aromatic rings. The van der Waals surface area contributed by atoms with Gasteiger partial charge in [0.1, 0.15) is 24.0 Å². The molecule has 0 saturated heterocycles. The van der Waals surface area contributed by atoms with Gasteiger partial charge in [-0.2, -0.15) is 5.26 Å². The topological polar surface area (TPSA) is 118 Å². The number of aromatic nitrogens is 1. The number of rotatable bonds is 6. The van der Waals surface area contributed by atoms with Gasteiger partial charge < -0.3 is 14.5 Å². The Morgan fingerprint density at radius 3 is 2.53 bits per heavy atom. The largest absolute Gasteiger partial charge is 0.496 e. The minimum absolute atomic E-state index is 0.00493. The third kappa shape index (κ3) is 4.15. The molecule has 0 unspecified atom stereocenters. The Hall–Kier alpha value is -4.12. The molecule has 0 radical (unpaired) electrons. The minimum atomic E-state index is -0.492. The number of nitriles is 1. The molecule has 8 heteroatoms. The third-order valence-electron chi connectivity index (χ3n) is 4.57. The number of nitro groups is 1. The van der Waals surface area contributed by atoms with E-state index in [1.807, 2.05) is 6.07 Å². The highest BCUT2D eigenvalue weighted by atomic mass is 16.6. The highest BCUT2D eigenvalue weighted by Crippen LogP contribution is 2.32. The van der Waals surface area contributed by atoms with Crippen molar-refractivity contribution in [2.24, 2.45) is 0 Å². The van der Waals surface area contributed by atoms with Gasteiger partial charge in [-0.1, -0.05) is 12.1 Å². The highest BCUT2D eigenvalue weighted by Gasteiger charge is 2.17. The first-order valence-corrected chi connectivity index (χ1v) is 9.03. The van der Waals surface area contributed by atoms with Gasteiger partial charge in [0.25, 0.3) is 5.56 Å². The first-order valence-electron chi connectivity index (χ1n) is 9.03. The van der Waals surface area contributed by atoms with Gasteiger partial charge in [-0.05, 0) is 49.2 Å². The summed E-state index contributed by atoms with van der Waals surface area (Å²) >= 11 is 0. The SMILES string of the molecule is COc1ccc(-c2cc(C)[nH]c(=O)c2C#N)cc1COc1ccc(C)cc1[N+](=O)[O-]. The Morgan fingerprint density at radius 1 is 1.13 bits per heavy atom. The smallest absolute Gasteiger partial charge is 0.311 e. The number of benzene rings is 2. The number of hydrogen-bond acceptors (Lipinski definition) is 6. The van der Waals surface area contributed by atoms with E-state index in [1.165, 1.54) is 13.2 Å². The van der Waals surface area contributed by atoms with Crippen molar-refractivity contribution in [2.75, 3.05) is 7.11 Å². The molecule has 0 aliphatic carbocycles. The van der Waals surface area contributed by atoms with E-state index < -0.39 is 10.5 Å². The normalized spacial score (nSPS) is 10.3. The molecule has 0 fully saturated rings. The van der Waals surface area contributed by atoms with Gasteiger partial charge in [-0.25, -0.2) is 0 Å². The van der Waals surface area contributed by atoms with Crippen molar-refractivity contribution in [1.29, 1.82) is 5.26 Å². The standard InChI is InChI=1S/C22H19N3O5/c1-13-4-6-21(19(8-13)25(27)28)30-12-16-10-15(5-7-20(16)29-3)17-9-14(2)24-22(26)18(17)11-23/h4-10H,12H2,1-3H3,(H,24,26). The number of nitro benzene ring substituents is 1. The first kappa shape index (κ1) is 20.6. The molecule has 0 spiro atoms. The van der Waals surface area contributed by atoms with Crippen LogP contribution in [0.5, 0.6) is 11.5 Å². The van der Waals surface area contributed by atoms with Crippen molar-refractivity contribution in [3.63, 3.8) is 0 Å². The number of pyridine rings is 1. The molecular formula is C22H19N3O5. The van der Waals surface area contributed by atoms with Crippen LogP contribution in [0.15, 0.2) is 47.3 Å². The average molecular weight is 405 g/mol. The number of aryl methyl sites for hydroxylation is 2. The van der Waals surface area contributed by atoms with Crippen molar-refractivity contribution in [1.82, 2.24) is 4.98 Å². The van der Waals surface area contributed by atoms with E-state index in [-0.39, 0.29) is 23.6 Å². The Morgan fingerprint density at radius 2 is 1.87 bits per heavy atom. The fourth-order valence-electron chi connectivity index (χ4n) is 3.13. The molecule has 0 amide bonds. The van der Waals surface area contributed by atoms with E-state index in [9.17, 15) is 20.2 Å². The molecule has 152 valence electrons. The molecule has 30 heavy (non-hydrogen) atoms. The summed E-state index contributed by atoms with van der Waals surface area (Å²) in [5.41, 5.74) is 2.54. The predicted octanol–water partition coefficient (Wildman–Crippen LogP) is 4.03. The van der Waals surface area contributed by atoms with Crippen LogP contribution in [0.25, 0.3) is 11.1 Å². The van der Waals surface area contributed by atoms with Crippen LogP contribution in [-0.2, 0) is 6.61 Å². The molecule has 3 rings (SSSR count). The number of nitrogens with zero attached hydrogens (tertiary/aromatic N) is 2. The summed E-state index contributed by atoms with van der Waals surface area (Å²) in [6.07, 6.45) is 0. The molecule has 1 aromatic heterocycles. The summed E-state index contributed by atoms with van der Waals surface area (Å²) in [6.45, 7) is 3.50. The second kappa shape index (κ2) is 8.49. The summed E-state index contributed by atoms with van der Waals surface area (Å²) in [4.78, 5) is 25.6. The van der Waals surface area contributed by atoms with Gasteiger partial charge in [0.2, 0.25) is 0 Å². The fourth-order valence-corrected chi connectivity index (χ4v) is 3.13. The van der Waals surface area contributed by atoms with E-state index in [4.69, 9.17) is 9.47 Å². The molecule has 0 aliphatic rings. The second-order valence-corrected chi connectivity index (χ2v) is 6.73. The van der Waals surface area contributed by atoms with Crippen LogP contribution in [-0.4, -0.2) is 17.0 Å². The van der Waals surface area contributed by atoms with Crippen LogP contribution in [0, 0.1) is 35.3 Å². The quantitative estimate of drug-likeness (QED) is 0.489. The molecule has 2 aromatic carbocycles. The molecule has 0 atom stereocenters. The van der Waals surface area contributed by atoms with Crippen LogP contribution in [0.3, 0.4) is 0 Å². The maximum Gasteiger partial charge on any atom is 0.311 e. The van der Waals surface area contributed by atoms with Crippen molar-refractivity contribution < 1.29 is 14.4 Å². The van der Waals surface area contributed by atoms with E-state index in [0.717, 1.165) is 5.56 Å². The van der Waals surface area contributed by atoms with Gasteiger partial charge >= 0.3 is 5.69 Å². The Balaban J connectivity index is 2.01. The number of aromatic amines is 1. The molecule has 0 aliphatic heterocycles. The van der Waals surface area contributed by atoms with Gasteiger partial charge in [-0.15, -0.1) is 0 Å². The molecule has 1 heterocycles. The predicted molar refractivity (Wildman–Crippen MR) is 111 cm³/mol. The van der Waals surface area contributed by atoms with E-state index in [1.54, 1.807) is 50.2 Å². The zero-order valence-corrected chi connectivity index (χ0v) is 16.7. The van der Waals surface area contributed by atoms with Crippen LogP contribution < -0.4 is 15.0 Å². The van der Waals surface area contributed by atoms with Gasteiger partial charge in [0, 0.05) is 22.9 Å². The molecule has 0 bridgehead atoms. The lowest BCUT2D eigenvalue weighted by Crippen LogP contribution is -2.12.